The highest BCUT2D eigenvalue weighted by Gasteiger charge is 2.30. The Morgan fingerprint density at radius 1 is 1.21 bits per heavy atom. The van der Waals surface area contributed by atoms with Crippen molar-refractivity contribution in [3.05, 3.63) is 66.5 Å². The van der Waals surface area contributed by atoms with Gasteiger partial charge >= 0.3 is 0 Å². The van der Waals surface area contributed by atoms with Gasteiger partial charge in [-0.15, -0.1) is 0 Å². The first kappa shape index (κ1) is 15.9. The van der Waals surface area contributed by atoms with Crippen molar-refractivity contribution in [3.63, 3.8) is 0 Å². The second-order valence-corrected chi connectivity index (χ2v) is 5.65. The molecule has 1 aromatic carbocycles. The summed E-state index contributed by atoms with van der Waals surface area (Å²) in [5, 5.41) is 2.80. The molecule has 1 saturated heterocycles. The zero-order valence-electron chi connectivity index (χ0n) is 13.3. The number of nitrogens with zero attached hydrogens (tertiary/aromatic N) is 2. The highest BCUT2D eigenvalue weighted by molar-refractivity contribution is 6.01. The van der Waals surface area contributed by atoms with Gasteiger partial charge in [-0.3, -0.25) is 14.6 Å². The van der Waals surface area contributed by atoms with E-state index in [9.17, 15) is 9.59 Å². The second-order valence-electron chi connectivity index (χ2n) is 5.65. The van der Waals surface area contributed by atoms with E-state index in [0.29, 0.717) is 13.0 Å². The van der Waals surface area contributed by atoms with Crippen LogP contribution in [-0.4, -0.2) is 29.4 Å². The van der Waals surface area contributed by atoms with Gasteiger partial charge in [0.15, 0.2) is 0 Å². The van der Waals surface area contributed by atoms with Gasteiger partial charge in [0, 0.05) is 30.7 Å². The van der Waals surface area contributed by atoms with Crippen LogP contribution in [0.4, 0.5) is 5.69 Å². The number of aromatic nitrogens is 1. The predicted octanol–water partition coefficient (Wildman–Crippen LogP) is 2.41. The van der Waals surface area contributed by atoms with Crippen molar-refractivity contribution >= 4 is 23.6 Å². The molecule has 2 heterocycles. The molecule has 2 aromatic rings. The Morgan fingerprint density at radius 2 is 2.04 bits per heavy atom. The SMILES string of the molecule is O=C(C=Cc1cccnc1)NC1CCCN(c2ccccc2)C1=O. The van der Waals surface area contributed by atoms with E-state index in [1.807, 2.05) is 36.4 Å². The second kappa shape index (κ2) is 7.55. The molecule has 3 rings (SSSR count). The van der Waals surface area contributed by atoms with E-state index in [0.717, 1.165) is 17.7 Å². The molecule has 24 heavy (non-hydrogen) atoms. The number of carbonyl (C=O) groups is 2. The van der Waals surface area contributed by atoms with E-state index in [2.05, 4.69) is 10.3 Å². The van der Waals surface area contributed by atoms with E-state index in [4.69, 9.17) is 0 Å². The number of amides is 2. The molecule has 1 N–H and O–H groups in total. The molecular weight excluding hydrogens is 302 g/mol. The van der Waals surface area contributed by atoms with Gasteiger partial charge in [0.05, 0.1) is 0 Å². The Labute approximate surface area is 141 Å². The number of anilines is 1. The van der Waals surface area contributed by atoms with Crippen LogP contribution in [0.3, 0.4) is 0 Å². The van der Waals surface area contributed by atoms with Crippen molar-refractivity contribution in [2.45, 2.75) is 18.9 Å². The quantitative estimate of drug-likeness (QED) is 0.880. The average molecular weight is 321 g/mol. The number of benzene rings is 1. The summed E-state index contributed by atoms with van der Waals surface area (Å²) in [7, 11) is 0. The van der Waals surface area contributed by atoms with Gasteiger partial charge in [0.2, 0.25) is 11.8 Å². The molecule has 1 aliphatic heterocycles. The normalized spacial score (nSPS) is 17.9. The molecule has 2 amide bonds. The number of pyridine rings is 1. The van der Waals surface area contributed by atoms with Crippen LogP contribution in [-0.2, 0) is 9.59 Å². The lowest BCUT2D eigenvalue weighted by molar-refractivity contribution is -0.126. The van der Waals surface area contributed by atoms with Crippen molar-refractivity contribution in [1.29, 1.82) is 0 Å². The van der Waals surface area contributed by atoms with E-state index >= 15 is 0 Å². The molecule has 0 bridgehead atoms. The lowest BCUT2D eigenvalue weighted by atomic mass is 10.0. The van der Waals surface area contributed by atoms with Crippen molar-refractivity contribution in [3.8, 4) is 0 Å². The maximum absolute atomic E-state index is 12.6. The fourth-order valence-electron chi connectivity index (χ4n) is 2.74. The summed E-state index contributed by atoms with van der Waals surface area (Å²) in [5.74, 6) is -0.331. The number of para-hydroxylation sites is 1. The maximum atomic E-state index is 12.6. The van der Waals surface area contributed by atoms with Crippen LogP contribution in [0.5, 0.6) is 0 Å². The summed E-state index contributed by atoms with van der Waals surface area (Å²) in [4.78, 5) is 30.4. The van der Waals surface area contributed by atoms with Crippen LogP contribution in [0.25, 0.3) is 6.08 Å². The Morgan fingerprint density at radius 3 is 2.79 bits per heavy atom. The number of hydrogen-bond donors (Lipinski definition) is 1. The monoisotopic (exact) mass is 321 g/mol. The Kier molecular flexibility index (Phi) is 5.01. The van der Waals surface area contributed by atoms with Crippen LogP contribution in [0.2, 0.25) is 0 Å². The minimum absolute atomic E-state index is 0.0597. The van der Waals surface area contributed by atoms with E-state index in [-0.39, 0.29) is 11.8 Å². The lowest BCUT2D eigenvalue weighted by Gasteiger charge is -2.32. The highest BCUT2D eigenvalue weighted by Crippen LogP contribution is 2.20. The van der Waals surface area contributed by atoms with E-state index in [1.54, 1.807) is 29.4 Å². The van der Waals surface area contributed by atoms with Crippen LogP contribution < -0.4 is 10.2 Å². The Balaban J connectivity index is 1.63. The zero-order valence-corrected chi connectivity index (χ0v) is 13.3. The topological polar surface area (TPSA) is 62.3 Å². The largest absolute Gasteiger partial charge is 0.341 e. The molecule has 5 nitrogen and oxygen atoms in total. The third-order valence-electron chi connectivity index (χ3n) is 3.93. The summed E-state index contributed by atoms with van der Waals surface area (Å²) >= 11 is 0. The molecule has 0 aliphatic carbocycles. The van der Waals surface area contributed by atoms with Gasteiger partial charge in [0.1, 0.15) is 6.04 Å². The van der Waals surface area contributed by atoms with Crippen LogP contribution in [0.15, 0.2) is 60.9 Å². The summed E-state index contributed by atoms with van der Waals surface area (Å²) in [5.41, 5.74) is 1.71. The maximum Gasteiger partial charge on any atom is 0.249 e. The number of carbonyl (C=O) groups excluding carboxylic acids is 2. The smallest absolute Gasteiger partial charge is 0.249 e. The van der Waals surface area contributed by atoms with E-state index < -0.39 is 6.04 Å². The van der Waals surface area contributed by atoms with Crippen molar-refractivity contribution in [2.75, 3.05) is 11.4 Å². The molecule has 5 heteroatoms. The Hall–Kier alpha value is -2.95. The fourth-order valence-corrected chi connectivity index (χ4v) is 2.74. The first-order chi connectivity index (χ1) is 11.7. The fraction of sp³-hybridized carbons (Fsp3) is 0.211. The van der Waals surface area contributed by atoms with Crippen LogP contribution in [0.1, 0.15) is 18.4 Å². The number of nitrogens with one attached hydrogen (secondary N) is 1. The molecule has 0 radical (unpaired) electrons. The number of rotatable bonds is 4. The molecule has 122 valence electrons. The standard InChI is InChI=1S/C19H19N3O2/c23-18(11-10-15-6-4-12-20-14-15)21-17-9-5-13-22(19(17)24)16-7-2-1-3-8-16/h1-4,6-8,10-12,14,17H,5,9,13H2,(H,21,23). The summed E-state index contributed by atoms with van der Waals surface area (Å²) in [6, 6.07) is 12.7. The first-order valence-corrected chi connectivity index (χ1v) is 7.99. The Bertz CT molecular complexity index is 729. The minimum atomic E-state index is -0.481. The predicted molar refractivity (Wildman–Crippen MR) is 93.2 cm³/mol. The molecule has 1 aliphatic rings. The lowest BCUT2D eigenvalue weighted by Crippen LogP contribution is -2.52. The molecule has 1 aromatic heterocycles. The van der Waals surface area contributed by atoms with Gasteiger partial charge < -0.3 is 10.2 Å². The highest BCUT2D eigenvalue weighted by atomic mass is 16.2. The summed E-state index contributed by atoms with van der Waals surface area (Å²) < 4.78 is 0. The van der Waals surface area contributed by atoms with Crippen molar-refractivity contribution in [2.24, 2.45) is 0 Å². The van der Waals surface area contributed by atoms with Crippen LogP contribution in [0, 0.1) is 0 Å². The molecule has 0 spiro atoms. The zero-order chi connectivity index (χ0) is 16.8. The van der Waals surface area contributed by atoms with Gasteiger partial charge in [-0.1, -0.05) is 24.3 Å². The average Bonchev–Trinajstić information content (AvgIpc) is 2.63. The molecule has 0 saturated carbocycles. The van der Waals surface area contributed by atoms with Crippen LogP contribution >= 0.6 is 0 Å². The first-order valence-electron chi connectivity index (χ1n) is 7.99. The van der Waals surface area contributed by atoms with Gasteiger partial charge in [-0.25, -0.2) is 0 Å². The third kappa shape index (κ3) is 3.87. The van der Waals surface area contributed by atoms with E-state index in [1.165, 1.54) is 6.08 Å². The molecule has 1 fully saturated rings. The third-order valence-corrected chi connectivity index (χ3v) is 3.93. The number of hydrogen-bond acceptors (Lipinski definition) is 3. The van der Waals surface area contributed by atoms with Crippen molar-refractivity contribution in [1.82, 2.24) is 10.3 Å². The van der Waals surface area contributed by atoms with Crippen molar-refractivity contribution < 1.29 is 9.59 Å². The molecule has 1 unspecified atom stereocenters. The molecule has 1 atom stereocenters. The van der Waals surface area contributed by atoms with Gasteiger partial charge in [0.25, 0.3) is 0 Å². The summed E-state index contributed by atoms with van der Waals surface area (Å²) in [6.07, 6.45) is 7.99. The number of piperidine rings is 1. The van der Waals surface area contributed by atoms with Gasteiger partial charge in [-0.2, -0.15) is 0 Å². The van der Waals surface area contributed by atoms with Gasteiger partial charge in [-0.05, 0) is 42.7 Å². The molecular formula is C19H19N3O2. The minimum Gasteiger partial charge on any atom is -0.341 e. The summed E-state index contributed by atoms with van der Waals surface area (Å²) in [6.45, 7) is 0.681.